The van der Waals surface area contributed by atoms with Gasteiger partial charge < -0.3 is 9.80 Å². The van der Waals surface area contributed by atoms with Gasteiger partial charge in [0.1, 0.15) is 0 Å². The van der Waals surface area contributed by atoms with E-state index in [1.54, 1.807) is 0 Å². The van der Waals surface area contributed by atoms with Crippen molar-refractivity contribution < 1.29 is 0 Å². The van der Waals surface area contributed by atoms with Gasteiger partial charge in [-0.1, -0.05) is 172 Å². The summed E-state index contributed by atoms with van der Waals surface area (Å²) in [5.41, 5.74) is 24.0. The van der Waals surface area contributed by atoms with E-state index in [4.69, 9.17) is 11.6 Å². The number of fused-ring (bicyclic) bond motifs is 6. The zero-order valence-corrected chi connectivity index (χ0v) is 47.6. The molecule has 0 N–H and O–H groups in total. The van der Waals surface area contributed by atoms with Gasteiger partial charge in [0.15, 0.2) is 0 Å². The monoisotopic (exact) mass is 963 g/mol. The average molecular weight is 964 g/mol. The van der Waals surface area contributed by atoms with Gasteiger partial charge in [0.25, 0.3) is 0 Å². The lowest BCUT2D eigenvalue weighted by atomic mass is 9.63. The van der Waals surface area contributed by atoms with Crippen LogP contribution in [0.2, 0.25) is 5.02 Å². The Balaban J connectivity index is 1.23. The third-order valence-electron chi connectivity index (χ3n) is 18.8. The molecule has 0 bridgehead atoms. The van der Waals surface area contributed by atoms with Gasteiger partial charge in [0.2, 0.25) is 0 Å². The van der Waals surface area contributed by atoms with Crippen molar-refractivity contribution in [3.8, 4) is 11.1 Å². The number of hydrogen-bond acceptors (Lipinski definition) is 2. The normalized spacial score (nSPS) is 20.2. The zero-order chi connectivity index (χ0) is 51.4. The highest BCUT2D eigenvalue weighted by Gasteiger charge is 2.42. The van der Waals surface area contributed by atoms with E-state index in [0.29, 0.717) is 5.02 Å². The highest BCUT2D eigenvalue weighted by Crippen LogP contribution is 2.56. The topological polar surface area (TPSA) is 6.48 Å². The first kappa shape index (κ1) is 49.8. The van der Waals surface area contributed by atoms with Crippen molar-refractivity contribution in [2.45, 2.75) is 206 Å². The first-order valence-corrected chi connectivity index (χ1v) is 27.4. The first-order valence-electron chi connectivity index (χ1n) is 27.0. The maximum atomic E-state index is 7.62. The van der Waals surface area contributed by atoms with Crippen LogP contribution in [0.4, 0.5) is 34.1 Å². The molecule has 0 fully saturated rings. The third kappa shape index (κ3) is 8.20. The van der Waals surface area contributed by atoms with Crippen molar-refractivity contribution in [3.63, 3.8) is 0 Å². The van der Waals surface area contributed by atoms with Crippen LogP contribution in [0.5, 0.6) is 0 Å². The number of nitrogens with zero attached hydrogens (tertiary/aromatic N) is 2. The number of aryl methyl sites for hydroxylation is 1. The molecule has 0 atom stereocenters. The smallest absolute Gasteiger partial charge is 0.0497 e. The Hall–Kier alpha value is -4.79. The molecule has 71 heavy (non-hydrogen) atoms. The highest BCUT2D eigenvalue weighted by atomic mass is 35.5. The van der Waals surface area contributed by atoms with Gasteiger partial charge >= 0.3 is 0 Å². The molecule has 0 amide bonds. The van der Waals surface area contributed by atoms with Gasteiger partial charge in [0, 0.05) is 44.6 Å². The SMILES string of the molecule is Cc1cc2c(cc1N(c1cc(Cl)cc(N(c3ccc4c(c3)C(C)(C)CCC4(C)C)c3ccc4c(c3)C(C)(C)CCC4(C)C)c1)c1ccc3c(c1)C(C)(C)c1ccc(C(C)(C)C)cc1-3)C(C)(C)CCC2(C)C. The summed E-state index contributed by atoms with van der Waals surface area (Å²) in [6, 6.07) is 41.1. The molecule has 4 aliphatic rings. The molecular formula is C68H83ClN2. The molecule has 2 nitrogen and oxygen atoms in total. The molecule has 0 radical (unpaired) electrons. The number of benzene rings is 6. The van der Waals surface area contributed by atoms with E-state index >= 15 is 0 Å². The molecule has 6 aromatic rings. The Morgan fingerprint density at radius 3 is 1.25 bits per heavy atom. The van der Waals surface area contributed by atoms with Crippen LogP contribution in [0.15, 0.2) is 103 Å². The lowest BCUT2D eigenvalue weighted by Crippen LogP contribution is -2.34. The molecule has 3 heteroatoms. The molecule has 0 aliphatic heterocycles. The average Bonchev–Trinajstić information content (AvgIpc) is 3.50. The maximum Gasteiger partial charge on any atom is 0.0497 e. The number of hydrogen-bond donors (Lipinski definition) is 0. The van der Waals surface area contributed by atoms with Crippen LogP contribution in [0.1, 0.15) is 212 Å². The van der Waals surface area contributed by atoms with Crippen LogP contribution in [0.25, 0.3) is 11.1 Å². The third-order valence-corrected chi connectivity index (χ3v) is 19.0. The lowest BCUT2D eigenvalue weighted by Gasteiger charge is -2.43. The second kappa shape index (κ2) is 16.1. The predicted molar refractivity (Wildman–Crippen MR) is 308 cm³/mol. The largest absolute Gasteiger partial charge is 0.310 e. The summed E-state index contributed by atoms with van der Waals surface area (Å²) >= 11 is 7.62. The Bertz CT molecular complexity index is 3060. The van der Waals surface area contributed by atoms with E-state index < -0.39 is 0 Å². The van der Waals surface area contributed by atoms with Crippen LogP contribution in [-0.2, 0) is 43.3 Å². The quantitative estimate of drug-likeness (QED) is 0.164. The van der Waals surface area contributed by atoms with Gasteiger partial charge in [-0.15, -0.1) is 0 Å². The summed E-state index contributed by atoms with van der Waals surface area (Å²) in [5, 5.41) is 0.715. The molecule has 0 spiro atoms. The van der Waals surface area contributed by atoms with Crippen molar-refractivity contribution in [2.75, 3.05) is 9.80 Å². The minimum Gasteiger partial charge on any atom is -0.310 e. The standard InChI is InChI=1S/C68H83ClN2/c1-42-33-56-59(67(15,16)32-31-64(56,9)10)41-60(42)71(47-20-23-50-51-34-43(61(2,3)4)19-24-52(51)68(17,18)55(50)38-47)49-36-44(69)35-48(37-49)70(45-21-25-53-57(39-45)65(11,12)29-27-62(53,5)6)46-22-26-54-58(40-46)66(13,14)30-28-63(54,7)8/h19-26,33-41H,27-32H2,1-18H3. The van der Waals surface area contributed by atoms with Gasteiger partial charge in [-0.2, -0.15) is 0 Å². The van der Waals surface area contributed by atoms with Crippen molar-refractivity contribution in [1.82, 2.24) is 0 Å². The fourth-order valence-corrected chi connectivity index (χ4v) is 13.6. The molecule has 0 saturated heterocycles. The molecule has 372 valence electrons. The summed E-state index contributed by atoms with van der Waals surface area (Å²) in [4.78, 5) is 5.06. The Morgan fingerprint density at radius 1 is 0.366 bits per heavy atom. The number of rotatable bonds is 6. The highest BCUT2D eigenvalue weighted by molar-refractivity contribution is 6.31. The Kier molecular flexibility index (Phi) is 11.3. The van der Waals surface area contributed by atoms with E-state index in [2.05, 4.69) is 238 Å². The number of anilines is 6. The van der Waals surface area contributed by atoms with Crippen LogP contribution in [-0.4, -0.2) is 0 Å². The minimum absolute atomic E-state index is 0.0329. The summed E-state index contributed by atoms with van der Waals surface area (Å²) in [6.45, 7) is 43.4. The molecule has 0 unspecified atom stereocenters. The molecule has 0 aromatic heterocycles. The predicted octanol–water partition coefficient (Wildman–Crippen LogP) is 20.2. The van der Waals surface area contributed by atoms with E-state index in [-0.39, 0.29) is 43.3 Å². The summed E-state index contributed by atoms with van der Waals surface area (Å²) in [7, 11) is 0. The van der Waals surface area contributed by atoms with Crippen molar-refractivity contribution in [1.29, 1.82) is 0 Å². The second-order valence-corrected chi connectivity index (χ2v) is 28.6. The number of halogens is 1. The molecule has 10 rings (SSSR count). The summed E-state index contributed by atoms with van der Waals surface area (Å²) in [6.07, 6.45) is 7.00. The molecule has 0 heterocycles. The van der Waals surface area contributed by atoms with E-state index in [0.717, 1.165) is 36.3 Å². The zero-order valence-electron chi connectivity index (χ0n) is 46.8. The lowest BCUT2D eigenvalue weighted by molar-refractivity contribution is 0.332. The Morgan fingerprint density at radius 2 is 0.761 bits per heavy atom. The van der Waals surface area contributed by atoms with Crippen LogP contribution in [0, 0.1) is 6.92 Å². The molecular weight excluding hydrogens is 880 g/mol. The maximum absolute atomic E-state index is 7.62. The fraction of sp³-hybridized carbons (Fsp3) is 0.471. The Labute approximate surface area is 434 Å². The van der Waals surface area contributed by atoms with E-state index in [1.807, 2.05) is 0 Å². The van der Waals surface area contributed by atoms with Gasteiger partial charge in [-0.05, 0) is 211 Å². The van der Waals surface area contributed by atoms with Crippen molar-refractivity contribution in [3.05, 3.63) is 164 Å². The van der Waals surface area contributed by atoms with Crippen molar-refractivity contribution in [2.24, 2.45) is 0 Å². The van der Waals surface area contributed by atoms with Gasteiger partial charge in [-0.25, -0.2) is 0 Å². The van der Waals surface area contributed by atoms with Crippen molar-refractivity contribution >= 4 is 45.7 Å². The summed E-state index contributed by atoms with van der Waals surface area (Å²) in [5.74, 6) is 0. The van der Waals surface area contributed by atoms with Crippen LogP contribution < -0.4 is 9.80 Å². The molecule has 0 saturated carbocycles. The molecule has 6 aromatic carbocycles. The van der Waals surface area contributed by atoms with E-state index in [9.17, 15) is 0 Å². The van der Waals surface area contributed by atoms with Gasteiger partial charge in [0.05, 0.1) is 0 Å². The van der Waals surface area contributed by atoms with Crippen LogP contribution in [0.3, 0.4) is 0 Å². The molecule has 4 aliphatic carbocycles. The first-order chi connectivity index (χ1) is 32.8. The van der Waals surface area contributed by atoms with Crippen LogP contribution >= 0.6 is 11.6 Å². The minimum atomic E-state index is -0.181. The van der Waals surface area contributed by atoms with E-state index in [1.165, 1.54) is 103 Å². The second-order valence-electron chi connectivity index (χ2n) is 28.2. The fourth-order valence-electron chi connectivity index (χ4n) is 13.4. The van der Waals surface area contributed by atoms with Gasteiger partial charge in [-0.3, -0.25) is 0 Å². The summed E-state index contributed by atoms with van der Waals surface area (Å²) < 4.78 is 0.